The van der Waals surface area contributed by atoms with Crippen molar-refractivity contribution in [2.45, 2.75) is 51.6 Å². The number of anilines is 1. The van der Waals surface area contributed by atoms with Crippen LogP contribution in [0.25, 0.3) is 0 Å². The predicted octanol–water partition coefficient (Wildman–Crippen LogP) is 4.81. The SMILES string of the molecule is CCCCCCOc1ccccc1C(=O)Nc1ccccc1C(=O)NC[C@@H]1CCCO1. The van der Waals surface area contributed by atoms with Crippen LogP contribution >= 0.6 is 0 Å². The van der Waals surface area contributed by atoms with E-state index in [0.717, 1.165) is 32.3 Å². The summed E-state index contributed by atoms with van der Waals surface area (Å²) in [4.78, 5) is 25.7. The summed E-state index contributed by atoms with van der Waals surface area (Å²) in [5, 5.41) is 5.79. The lowest BCUT2D eigenvalue weighted by atomic mass is 10.1. The smallest absolute Gasteiger partial charge is 0.259 e. The number of unbranched alkanes of at least 4 members (excludes halogenated alkanes) is 3. The van der Waals surface area contributed by atoms with Gasteiger partial charge in [-0.1, -0.05) is 50.5 Å². The van der Waals surface area contributed by atoms with Crippen LogP contribution in [0.3, 0.4) is 0 Å². The quantitative estimate of drug-likeness (QED) is 0.508. The molecule has 1 aliphatic rings. The van der Waals surface area contributed by atoms with Gasteiger partial charge in [0.05, 0.1) is 29.5 Å². The second kappa shape index (κ2) is 12.1. The molecule has 1 saturated heterocycles. The number of amides is 2. The lowest BCUT2D eigenvalue weighted by Gasteiger charge is -2.15. The van der Waals surface area contributed by atoms with Crippen LogP contribution in [0.5, 0.6) is 5.75 Å². The van der Waals surface area contributed by atoms with E-state index < -0.39 is 0 Å². The number of para-hydroxylation sites is 2. The number of carbonyl (C=O) groups excluding carboxylic acids is 2. The third kappa shape index (κ3) is 6.82. The summed E-state index contributed by atoms with van der Waals surface area (Å²) in [6, 6.07) is 14.2. The van der Waals surface area contributed by atoms with Crippen LogP contribution in [0.2, 0.25) is 0 Å². The van der Waals surface area contributed by atoms with Gasteiger partial charge in [-0.2, -0.15) is 0 Å². The van der Waals surface area contributed by atoms with E-state index in [0.29, 0.717) is 35.7 Å². The van der Waals surface area contributed by atoms with Crippen molar-refractivity contribution in [1.29, 1.82) is 0 Å². The Hall–Kier alpha value is -2.86. The van der Waals surface area contributed by atoms with Gasteiger partial charge in [-0.3, -0.25) is 9.59 Å². The van der Waals surface area contributed by atoms with Crippen molar-refractivity contribution in [3.8, 4) is 5.75 Å². The minimum Gasteiger partial charge on any atom is -0.493 e. The average molecular weight is 425 g/mol. The van der Waals surface area contributed by atoms with Crippen molar-refractivity contribution in [3.05, 3.63) is 59.7 Å². The molecule has 31 heavy (non-hydrogen) atoms. The molecule has 3 rings (SSSR count). The molecule has 2 aromatic rings. The highest BCUT2D eigenvalue weighted by Crippen LogP contribution is 2.22. The van der Waals surface area contributed by atoms with E-state index in [2.05, 4.69) is 17.6 Å². The van der Waals surface area contributed by atoms with Crippen LogP contribution in [0.15, 0.2) is 48.5 Å². The van der Waals surface area contributed by atoms with Crippen LogP contribution in [-0.2, 0) is 4.74 Å². The molecule has 0 aromatic heterocycles. The molecule has 0 bridgehead atoms. The molecule has 1 aliphatic heterocycles. The van der Waals surface area contributed by atoms with Gasteiger partial charge >= 0.3 is 0 Å². The Bertz CT molecular complexity index is 862. The van der Waals surface area contributed by atoms with E-state index >= 15 is 0 Å². The van der Waals surface area contributed by atoms with Crippen LogP contribution in [0.1, 0.15) is 66.2 Å². The maximum absolute atomic E-state index is 13.0. The summed E-state index contributed by atoms with van der Waals surface area (Å²) in [5.74, 6) is 0.0206. The Kier molecular flexibility index (Phi) is 8.91. The van der Waals surface area contributed by atoms with Crippen LogP contribution in [0.4, 0.5) is 5.69 Å². The van der Waals surface area contributed by atoms with Crippen molar-refractivity contribution in [1.82, 2.24) is 5.32 Å². The average Bonchev–Trinajstić information content (AvgIpc) is 3.32. The van der Waals surface area contributed by atoms with Gasteiger partial charge < -0.3 is 20.1 Å². The van der Waals surface area contributed by atoms with Crippen LogP contribution < -0.4 is 15.4 Å². The lowest BCUT2D eigenvalue weighted by Crippen LogP contribution is -2.32. The van der Waals surface area contributed by atoms with Crippen molar-refractivity contribution >= 4 is 17.5 Å². The first kappa shape index (κ1) is 22.8. The Labute approximate surface area is 184 Å². The zero-order valence-corrected chi connectivity index (χ0v) is 18.2. The van der Waals surface area contributed by atoms with Crippen LogP contribution in [-0.4, -0.2) is 37.7 Å². The van der Waals surface area contributed by atoms with Gasteiger partial charge in [0.15, 0.2) is 0 Å². The van der Waals surface area contributed by atoms with Gasteiger partial charge in [0.25, 0.3) is 11.8 Å². The molecule has 2 amide bonds. The van der Waals surface area contributed by atoms with Crippen molar-refractivity contribution in [2.75, 3.05) is 25.1 Å². The minimum absolute atomic E-state index is 0.0621. The first-order valence-electron chi connectivity index (χ1n) is 11.2. The summed E-state index contributed by atoms with van der Waals surface area (Å²) in [6.45, 7) is 3.96. The number of benzene rings is 2. The molecule has 6 heteroatoms. The molecule has 0 aliphatic carbocycles. The minimum atomic E-state index is -0.302. The molecular weight excluding hydrogens is 392 g/mol. The molecule has 0 unspecified atom stereocenters. The number of hydrogen-bond acceptors (Lipinski definition) is 4. The first-order chi connectivity index (χ1) is 15.2. The Morgan fingerprint density at radius 2 is 1.77 bits per heavy atom. The molecule has 0 radical (unpaired) electrons. The van der Waals surface area contributed by atoms with E-state index in [4.69, 9.17) is 9.47 Å². The number of carbonyl (C=O) groups is 2. The maximum atomic E-state index is 13.0. The van der Waals surface area contributed by atoms with Gasteiger partial charge in [-0.05, 0) is 43.5 Å². The normalized spacial score (nSPS) is 15.5. The zero-order valence-electron chi connectivity index (χ0n) is 18.2. The summed E-state index contributed by atoms with van der Waals surface area (Å²) in [6.07, 6.45) is 6.45. The Balaban J connectivity index is 1.63. The topological polar surface area (TPSA) is 76.7 Å². The molecule has 0 spiro atoms. The second-order valence-corrected chi connectivity index (χ2v) is 7.75. The largest absolute Gasteiger partial charge is 0.493 e. The molecule has 166 valence electrons. The Morgan fingerprint density at radius 1 is 1.00 bits per heavy atom. The number of hydrogen-bond donors (Lipinski definition) is 2. The monoisotopic (exact) mass is 424 g/mol. The number of nitrogens with one attached hydrogen (secondary N) is 2. The highest BCUT2D eigenvalue weighted by Gasteiger charge is 2.19. The maximum Gasteiger partial charge on any atom is 0.259 e. The fraction of sp³-hybridized carbons (Fsp3) is 0.440. The fourth-order valence-electron chi connectivity index (χ4n) is 3.58. The molecule has 0 saturated carbocycles. The van der Waals surface area contributed by atoms with E-state index in [1.54, 1.807) is 42.5 Å². The highest BCUT2D eigenvalue weighted by atomic mass is 16.5. The summed E-state index contributed by atoms with van der Waals surface area (Å²) in [5.41, 5.74) is 1.34. The van der Waals surface area contributed by atoms with E-state index in [-0.39, 0.29) is 17.9 Å². The van der Waals surface area contributed by atoms with Gasteiger partial charge in [-0.25, -0.2) is 0 Å². The molecular formula is C25H32N2O4. The number of ether oxygens (including phenoxy) is 2. The molecule has 2 aromatic carbocycles. The van der Waals surface area contributed by atoms with Gasteiger partial charge in [-0.15, -0.1) is 0 Å². The lowest BCUT2D eigenvalue weighted by molar-refractivity contribution is 0.0858. The third-order valence-electron chi connectivity index (χ3n) is 5.32. The molecule has 6 nitrogen and oxygen atoms in total. The highest BCUT2D eigenvalue weighted by molar-refractivity contribution is 6.10. The molecule has 1 atom stereocenters. The third-order valence-corrected chi connectivity index (χ3v) is 5.32. The predicted molar refractivity (Wildman–Crippen MR) is 122 cm³/mol. The zero-order chi connectivity index (χ0) is 21.9. The van der Waals surface area contributed by atoms with Crippen molar-refractivity contribution < 1.29 is 19.1 Å². The molecule has 1 fully saturated rings. The van der Waals surface area contributed by atoms with E-state index in [1.807, 2.05) is 6.07 Å². The Morgan fingerprint density at radius 3 is 2.55 bits per heavy atom. The fourth-order valence-corrected chi connectivity index (χ4v) is 3.58. The summed E-state index contributed by atoms with van der Waals surface area (Å²) in [7, 11) is 0. The van der Waals surface area contributed by atoms with Gasteiger partial charge in [0.2, 0.25) is 0 Å². The van der Waals surface area contributed by atoms with Gasteiger partial charge in [0.1, 0.15) is 5.75 Å². The summed E-state index contributed by atoms with van der Waals surface area (Å²) < 4.78 is 11.4. The molecule has 1 heterocycles. The van der Waals surface area contributed by atoms with Crippen molar-refractivity contribution in [2.24, 2.45) is 0 Å². The van der Waals surface area contributed by atoms with Gasteiger partial charge in [0, 0.05) is 13.2 Å². The van der Waals surface area contributed by atoms with Crippen molar-refractivity contribution in [3.63, 3.8) is 0 Å². The van der Waals surface area contributed by atoms with Crippen LogP contribution in [0, 0.1) is 0 Å². The first-order valence-corrected chi connectivity index (χ1v) is 11.2. The summed E-state index contributed by atoms with van der Waals surface area (Å²) >= 11 is 0. The molecule has 2 N–H and O–H groups in total. The second-order valence-electron chi connectivity index (χ2n) is 7.75. The standard InChI is InChI=1S/C25H32N2O4/c1-2-3-4-9-16-31-23-15-8-6-13-21(23)25(29)27-22-14-7-5-12-20(22)24(28)26-18-19-11-10-17-30-19/h5-8,12-15,19H,2-4,9-11,16-18H2,1H3,(H,26,28)(H,27,29)/t19-/m0/s1. The number of rotatable bonds is 11. The van der Waals surface area contributed by atoms with E-state index in [1.165, 1.54) is 12.8 Å². The van der Waals surface area contributed by atoms with E-state index in [9.17, 15) is 9.59 Å².